The molecule has 1 aromatic carbocycles. The second-order valence-electron chi connectivity index (χ2n) is 4.38. The maximum atomic E-state index is 11.7. The summed E-state index contributed by atoms with van der Waals surface area (Å²) in [6.45, 7) is 3.43. The molecule has 0 aliphatic heterocycles. The first kappa shape index (κ1) is 14.6. The van der Waals surface area contributed by atoms with Gasteiger partial charge in [-0.2, -0.15) is 0 Å². The number of aryl methyl sites for hydroxylation is 2. The van der Waals surface area contributed by atoms with Crippen molar-refractivity contribution >= 4 is 27.6 Å². The molecule has 0 spiro atoms. The standard InChI is InChI=1S/C14H17BrN4O/c1-11-16-8-10-19(11)9-4-7-17-14(20)18-13-6-3-2-5-12(13)15/h2-3,5-6,8,10H,4,7,9H2,1H3,(H2,17,18,20). The lowest BCUT2D eigenvalue weighted by molar-refractivity contribution is 0.252. The van der Waals surface area contributed by atoms with E-state index in [1.54, 1.807) is 6.20 Å². The van der Waals surface area contributed by atoms with Gasteiger partial charge in [-0.05, 0) is 41.4 Å². The first-order valence-electron chi connectivity index (χ1n) is 6.44. The van der Waals surface area contributed by atoms with Gasteiger partial charge in [0.1, 0.15) is 5.82 Å². The number of nitrogens with one attached hydrogen (secondary N) is 2. The molecule has 2 rings (SSSR count). The highest BCUT2D eigenvalue weighted by Crippen LogP contribution is 2.20. The molecule has 0 aliphatic carbocycles. The fraction of sp³-hybridized carbons (Fsp3) is 0.286. The highest BCUT2D eigenvalue weighted by atomic mass is 79.9. The van der Waals surface area contributed by atoms with E-state index in [9.17, 15) is 4.79 Å². The Hall–Kier alpha value is -1.82. The summed E-state index contributed by atoms with van der Waals surface area (Å²) in [6, 6.07) is 7.32. The second kappa shape index (κ2) is 7.09. The summed E-state index contributed by atoms with van der Waals surface area (Å²) >= 11 is 3.39. The van der Waals surface area contributed by atoms with Crippen LogP contribution in [0.5, 0.6) is 0 Å². The summed E-state index contributed by atoms with van der Waals surface area (Å²) in [5.41, 5.74) is 0.760. The van der Waals surface area contributed by atoms with Crippen LogP contribution in [0.25, 0.3) is 0 Å². The molecule has 0 atom stereocenters. The summed E-state index contributed by atoms with van der Waals surface area (Å²) < 4.78 is 2.93. The average molecular weight is 337 g/mol. The molecule has 1 aromatic heterocycles. The predicted octanol–water partition coefficient (Wildman–Crippen LogP) is 3.17. The van der Waals surface area contributed by atoms with Crippen molar-refractivity contribution in [2.75, 3.05) is 11.9 Å². The average Bonchev–Trinajstić information content (AvgIpc) is 2.83. The second-order valence-corrected chi connectivity index (χ2v) is 5.24. The maximum absolute atomic E-state index is 11.7. The fourth-order valence-corrected chi connectivity index (χ4v) is 2.20. The Bertz CT molecular complexity index is 582. The molecule has 1 heterocycles. The quantitative estimate of drug-likeness (QED) is 0.824. The van der Waals surface area contributed by atoms with Crippen molar-refractivity contribution in [2.24, 2.45) is 0 Å². The molecule has 0 saturated carbocycles. The van der Waals surface area contributed by atoms with Crippen LogP contribution in [0.4, 0.5) is 10.5 Å². The van der Waals surface area contributed by atoms with E-state index in [0.717, 1.165) is 29.0 Å². The molecule has 0 bridgehead atoms. The Morgan fingerprint density at radius 2 is 2.20 bits per heavy atom. The number of rotatable bonds is 5. The summed E-state index contributed by atoms with van der Waals surface area (Å²) in [4.78, 5) is 15.9. The van der Waals surface area contributed by atoms with E-state index < -0.39 is 0 Å². The number of hydrogen-bond donors (Lipinski definition) is 2. The van der Waals surface area contributed by atoms with Gasteiger partial charge >= 0.3 is 6.03 Å². The van der Waals surface area contributed by atoms with Gasteiger partial charge in [0, 0.05) is 30.0 Å². The Labute approximate surface area is 126 Å². The Kier molecular flexibility index (Phi) is 5.17. The Morgan fingerprint density at radius 3 is 2.90 bits per heavy atom. The number of nitrogens with zero attached hydrogens (tertiary/aromatic N) is 2. The zero-order chi connectivity index (χ0) is 14.4. The molecule has 0 radical (unpaired) electrons. The number of halogens is 1. The van der Waals surface area contributed by atoms with Crippen LogP contribution >= 0.6 is 15.9 Å². The zero-order valence-electron chi connectivity index (χ0n) is 11.3. The van der Waals surface area contributed by atoms with Gasteiger partial charge in [-0.25, -0.2) is 9.78 Å². The molecular formula is C14H17BrN4O. The van der Waals surface area contributed by atoms with Crippen LogP contribution in [0.1, 0.15) is 12.2 Å². The number of carbonyl (C=O) groups is 1. The van der Waals surface area contributed by atoms with E-state index in [0.29, 0.717) is 6.54 Å². The van der Waals surface area contributed by atoms with Gasteiger partial charge in [-0.3, -0.25) is 0 Å². The van der Waals surface area contributed by atoms with Gasteiger partial charge in [0.25, 0.3) is 0 Å². The van der Waals surface area contributed by atoms with Crippen molar-refractivity contribution < 1.29 is 4.79 Å². The van der Waals surface area contributed by atoms with Gasteiger partial charge in [-0.15, -0.1) is 0 Å². The molecule has 2 amide bonds. The van der Waals surface area contributed by atoms with E-state index >= 15 is 0 Å². The molecule has 5 nitrogen and oxygen atoms in total. The topological polar surface area (TPSA) is 59.0 Å². The van der Waals surface area contributed by atoms with Crippen LogP contribution in [0.2, 0.25) is 0 Å². The molecule has 6 heteroatoms. The molecule has 0 unspecified atom stereocenters. The van der Waals surface area contributed by atoms with Crippen LogP contribution in [-0.4, -0.2) is 22.1 Å². The number of benzene rings is 1. The number of aromatic nitrogens is 2. The molecule has 2 N–H and O–H groups in total. The maximum Gasteiger partial charge on any atom is 0.319 e. The summed E-state index contributed by atoms with van der Waals surface area (Å²) in [5, 5.41) is 5.63. The SMILES string of the molecule is Cc1nccn1CCCNC(=O)Nc1ccccc1Br. The first-order valence-corrected chi connectivity index (χ1v) is 7.23. The number of hydrogen-bond acceptors (Lipinski definition) is 2. The summed E-state index contributed by atoms with van der Waals surface area (Å²) in [6.07, 6.45) is 4.58. The third-order valence-corrected chi connectivity index (χ3v) is 3.60. The number of para-hydroxylation sites is 1. The van der Waals surface area contributed by atoms with E-state index in [-0.39, 0.29) is 6.03 Å². The van der Waals surface area contributed by atoms with Crippen molar-refractivity contribution in [3.63, 3.8) is 0 Å². The number of carbonyl (C=O) groups excluding carboxylic acids is 1. The van der Waals surface area contributed by atoms with E-state index in [4.69, 9.17) is 0 Å². The van der Waals surface area contributed by atoms with Crippen LogP contribution in [0, 0.1) is 6.92 Å². The van der Waals surface area contributed by atoms with Crippen molar-refractivity contribution in [2.45, 2.75) is 19.9 Å². The minimum absolute atomic E-state index is 0.195. The van der Waals surface area contributed by atoms with E-state index in [1.807, 2.05) is 37.4 Å². The van der Waals surface area contributed by atoms with E-state index in [1.165, 1.54) is 0 Å². The number of imidazole rings is 1. The monoisotopic (exact) mass is 336 g/mol. The molecule has 20 heavy (non-hydrogen) atoms. The zero-order valence-corrected chi connectivity index (χ0v) is 12.9. The highest BCUT2D eigenvalue weighted by Gasteiger charge is 2.03. The number of amides is 2. The molecule has 0 aliphatic rings. The van der Waals surface area contributed by atoms with Gasteiger partial charge < -0.3 is 15.2 Å². The predicted molar refractivity (Wildman–Crippen MR) is 82.7 cm³/mol. The third kappa shape index (κ3) is 4.09. The first-order chi connectivity index (χ1) is 9.66. The molecule has 0 fully saturated rings. The Morgan fingerprint density at radius 1 is 1.40 bits per heavy atom. The van der Waals surface area contributed by atoms with Crippen molar-refractivity contribution in [3.05, 3.63) is 47.0 Å². The van der Waals surface area contributed by atoms with Gasteiger partial charge in [0.05, 0.1) is 5.69 Å². The lowest BCUT2D eigenvalue weighted by Gasteiger charge is -2.09. The smallest absolute Gasteiger partial charge is 0.319 e. The fourth-order valence-electron chi connectivity index (χ4n) is 1.82. The van der Waals surface area contributed by atoms with E-state index in [2.05, 4.69) is 36.1 Å². The van der Waals surface area contributed by atoms with Crippen LogP contribution < -0.4 is 10.6 Å². The van der Waals surface area contributed by atoms with Crippen molar-refractivity contribution in [3.8, 4) is 0 Å². The minimum Gasteiger partial charge on any atom is -0.338 e. The summed E-state index contributed by atoms with van der Waals surface area (Å²) in [7, 11) is 0. The summed E-state index contributed by atoms with van der Waals surface area (Å²) in [5.74, 6) is 0.989. The molecule has 106 valence electrons. The number of anilines is 1. The lowest BCUT2D eigenvalue weighted by atomic mass is 10.3. The minimum atomic E-state index is -0.195. The highest BCUT2D eigenvalue weighted by molar-refractivity contribution is 9.10. The van der Waals surface area contributed by atoms with Crippen LogP contribution in [0.15, 0.2) is 41.1 Å². The molecule has 2 aromatic rings. The molecular weight excluding hydrogens is 320 g/mol. The van der Waals surface area contributed by atoms with Crippen LogP contribution in [0.3, 0.4) is 0 Å². The molecule has 0 saturated heterocycles. The largest absolute Gasteiger partial charge is 0.338 e. The Balaban J connectivity index is 1.71. The lowest BCUT2D eigenvalue weighted by Crippen LogP contribution is -2.30. The van der Waals surface area contributed by atoms with Crippen molar-refractivity contribution in [1.82, 2.24) is 14.9 Å². The van der Waals surface area contributed by atoms with Gasteiger partial charge in [0.2, 0.25) is 0 Å². The van der Waals surface area contributed by atoms with Gasteiger partial charge in [-0.1, -0.05) is 12.1 Å². The number of urea groups is 1. The van der Waals surface area contributed by atoms with Crippen LogP contribution in [-0.2, 0) is 6.54 Å². The normalized spacial score (nSPS) is 10.3. The van der Waals surface area contributed by atoms with Gasteiger partial charge in [0.15, 0.2) is 0 Å². The van der Waals surface area contributed by atoms with Crippen molar-refractivity contribution in [1.29, 1.82) is 0 Å². The third-order valence-electron chi connectivity index (χ3n) is 2.91.